The fourth-order valence-corrected chi connectivity index (χ4v) is 5.35. The van der Waals surface area contributed by atoms with Gasteiger partial charge in [-0.15, -0.1) is 0 Å². The molecular weight excluding hydrogens is 516 g/mol. The van der Waals surface area contributed by atoms with Crippen LogP contribution in [0.4, 0.5) is 4.79 Å². The molecule has 6 heteroatoms. The van der Waals surface area contributed by atoms with Crippen LogP contribution in [0.25, 0.3) is 0 Å². The lowest BCUT2D eigenvalue weighted by Gasteiger charge is -2.36. The van der Waals surface area contributed by atoms with Crippen LogP contribution < -0.4 is 17.0 Å². The van der Waals surface area contributed by atoms with Crippen LogP contribution in [0.3, 0.4) is 0 Å². The smallest absolute Gasteiger partial charge is 0.410 e. The van der Waals surface area contributed by atoms with Crippen LogP contribution >= 0.6 is 0 Å². The highest BCUT2D eigenvalue weighted by atomic mass is 79.9. The third kappa shape index (κ3) is 16.5. The summed E-state index contributed by atoms with van der Waals surface area (Å²) in [5.74, 6) is 0. The van der Waals surface area contributed by atoms with E-state index in [0.29, 0.717) is 13.2 Å². The fourth-order valence-electron chi connectivity index (χ4n) is 5.35. The molecule has 216 valence electrons. The molecule has 0 spiro atoms. The maximum absolute atomic E-state index is 12.2. The van der Waals surface area contributed by atoms with Crippen molar-refractivity contribution in [2.24, 2.45) is 0 Å². The Bertz CT molecular complexity index is 494. The van der Waals surface area contributed by atoms with Gasteiger partial charge < -0.3 is 35.8 Å². The first-order chi connectivity index (χ1) is 17.1. The Morgan fingerprint density at radius 1 is 0.750 bits per heavy atom. The molecule has 0 aliphatic carbocycles. The number of hydrogen-bond donors (Lipinski definition) is 0. The zero-order chi connectivity index (χ0) is 25.6. The SMILES string of the molecule is CCCCCCCCCCCCCCCCOCC1CN(CCCC[N+](CC)(CC)CC)C(=O)O1.[Br-]. The van der Waals surface area contributed by atoms with Crippen molar-refractivity contribution in [3.63, 3.8) is 0 Å². The van der Waals surface area contributed by atoms with Gasteiger partial charge in [-0.25, -0.2) is 4.79 Å². The number of cyclic esters (lactones) is 1. The lowest BCUT2D eigenvalue weighted by atomic mass is 10.0. The number of hydrogen-bond acceptors (Lipinski definition) is 3. The Morgan fingerprint density at radius 3 is 1.75 bits per heavy atom. The summed E-state index contributed by atoms with van der Waals surface area (Å²) in [6.45, 7) is 16.8. The van der Waals surface area contributed by atoms with E-state index >= 15 is 0 Å². The van der Waals surface area contributed by atoms with Crippen LogP contribution in [0.15, 0.2) is 0 Å². The molecule has 1 saturated heterocycles. The molecule has 1 rings (SSSR count). The summed E-state index contributed by atoms with van der Waals surface area (Å²) >= 11 is 0. The molecule has 1 unspecified atom stereocenters. The summed E-state index contributed by atoms with van der Waals surface area (Å²) in [5.41, 5.74) is 0. The van der Waals surface area contributed by atoms with Crippen molar-refractivity contribution in [2.45, 2.75) is 137 Å². The Kier molecular flexibility index (Phi) is 23.5. The monoisotopic (exact) mass is 576 g/mol. The molecule has 0 aromatic heterocycles. The molecule has 0 radical (unpaired) electrons. The van der Waals surface area contributed by atoms with Crippen molar-refractivity contribution < 1.29 is 35.7 Å². The van der Waals surface area contributed by atoms with E-state index in [2.05, 4.69) is 27.7 Å². The minimum absolute atomic E-state index is 0. The number of ether oxygens (including phenoxy) is 2. The molecule has 1 aliphatic rings. The highest BCUT2D eigenvalue weighted by molar-refractivity contribution is 5.69. The fraction of sp³-hybridized carbons (Fsp3) is 0.967. The maximum atomic E-state index is 12.2. The molecule has 5 nitrogen and oxygen atoms in total. The number of unbranched alkanes of at least 4 members (excludes halogenated alkanes) is 14. The van der Waals surface area contributed by atoms with E-state index in [0.717, 1.165) is 26.0 Å². The van der Waals surface area contributed by atoms with Gasteiger partial charge >= 0.3 is 6.09 Å². The van der Waals surface area contributed by atoms with Crippen molar-refractivity contribution >= 4 is 6.09 Å². The number of halogens is 1. The number of quaternary nitrogens is 1. The number of rotatable bonds is 25. The van der Waals surface area contributed by atoms with Gasteiger partial charge in [0, 0.05) is 13.2 Å². The van der Waals surface area contributed by atoms with Gasteiger partial charge in [0.2, 0.25) is 0 Å². The summed E-state index contributed by atoms with van der Waals surface area (Å²) in [4.78, 5) is 14.0. The molecule has 0 saturated carbocycles. The van der Waals surface area contributed by atoms with Crippen molar-refractivity contribution in [3.8, 4) is 0 Å². The van der Waals surface area contributed by atoms with Crippen molar-refractivity contribution in [3.05, 3.63) is 0 Å². The molecule has 0 aromatic rings. The third-order valence-electron chi connectivity index (χ3n) is 8.22. The van der Waals surface area contributed by atoms with Gasteiger partial charge in [0.05, 0.1) is 39.3 Å². The van der Waals surface area contributed by atoms with Crippen LogP contribution in [0.1, 0.15) is 130 Å². The zero-order valence-corrected chi connectivity index (χ0v) is 26.1. The second-order valence-corrected chi connectivity index (χ2v) is 10.8. The van der Waals surface area contributed by atoms with Crippen LogP contribution in [-0.4, -0.2) is 74.1 Å². The highest BCUT2D eigenvalue weighted by Gasteiger charge is 2.31. The molecule has 0 N–H and O–H groups in total. The predicted molar refractivity (Wildman–Crippen MR) is 149 cm³/mol. The number of carbonyl (C=O) groups excluding carboxylic acids is 1. The first-order valence-electron chi connectivity index (χ1n) is 15.5. The zero-order valence-electron chi connectivity index (χ0n) is 24.5. The minimum Gasteiger partial charge on any atom is -1.00 e. The number of amides is 1. The van der Waals surface area contributed by atoms with Gasteiger partial charge in [0.1, 0.15) is 6.10 Å². The Labute approximate surface area is 235 Å². The molecule has 0 aromatic carbocycles. The normalized spacial score (nSPS) is 15.8. The first-order valence-corrected chi connectivity index (χ1v) is 15.5. The molecule has 0 bridgehead atoms. The highest BCUT2D eigenvalue weighted by Crippen LogP contribution is 2.15. The average Bonchev–Trinajstić information content (AvgIpc) is 3.23. The van der Waals surface area contributed by atoms with Gasteiger partial charge in [-0.1, -0.05) is 90.4 Å². The maximum Gasteiger partial charge on any atom is 0.410 e. The largest absolute Gasteiger partial charge is 1.00 e. The average molecular weight is 578 g/mol. The Balaban J connectivity index is 0.0000122. The number of nitrogens with zero attached hydrogens (tertiary/aromatic N) is 2. The predicted octanol–water partition coefficient (Wildman–Crippen LogP) is 4.97. The van der Waals surface area contributed by atoms with E-state index in [1.165, 1.54) is 121 Å². The molecule has 1 fully saturated rings. The topological polar surface area (TPSA) is 38.8 Å². The van der Waals surface area contributed by atoms with E-state index in [1.807, 2.05) is 4.90 Å². The molecule has 36 heavy (non-hydrogen) atoms. The van der Waals surface area contributed by atoms with Crippen molar-refractivity contribution in [1.29, 1.82) is 0 Å². The van der Waals surface area contributed by atoms with Crippen LogP contribution in [0.5, 0.6) is 0 Å². The van der Waals surface area contributed by atoms with E-state index < -0.39 is 0 Å². The molecule has 1 atom stereocenters. The van der Waals surface area contributed by atoms with E-state index in [-0.39, 0.29) is 29.2 Å². The summed E-state index contributed by atoms with van der Waals surface area (Å²) < 4.78 is 12.5. The van der Waals surface area contributed by atoms with Gasteiger partial charge in [-0.3, -0.25) is 0 Å². The Hall–Kier alpha value is -0.330. The van der Waals surface area contributed by atoms with E-state index in [1.54, 1.807) is 0 Å². The summed E-state index contributed by atoms with van der Waals surface area (Å²) in [6.07, 6.45) is 21.2. The lowest BCUT2D eigenvalue weighted by molar-refractivity contribution is -0.923. The quantitative estimate of drug-likeness (QED) is 0.114. The van der Waals surface area contributed by atoms with Gasteiger partial charge in [-0.2, -0.15) is 0 Å². The molecule has 1 heterocycles. The van der Waals surface area contributed by atoms with Crippen LogP contribution in [0, 0.1) is 0 Å². The Morgan fingerprint density at radius 2 is 1.25 bits per heavy atom. The number of carbonyl (C=O) groups is 1. The van der Waals surface area contributed by atoms with Gasteiger partial charge in [0.25, 0.3) is 0 Å². The minimum atomic E-state index is -0.155. The summed E-state index contributed by atoms with van der Waals surface area (Å²) in [5, 5.41) is 0. The lowest BCUT2D eigenvalue weighted by Crippen LogP contribution is -3.00. The third-order valence-corrected chi connectivity index (χ3v) is 8.22. The van der Waals surface area contributed by atoms with E-state index in [9.17, 15) is 4.79 Å². The standard InChI is InChI=1S/C30H61N2O3.BrH/c1-5-9-10-11-12-13-14-15-16-17-18-19-20-23-26-34-28-29-27-31(30(33)35-29)24-21-22-25-32(6-2,7-3)8-4;/h29H,5-28H2,1-4H3;1H/q+1;/p-1. The molecule has 1 amide bonds. The van der Waals surface area contributed by atoms with Gasteiger partial charge in [0.15, 0.2) is 0 Å². The van der Waals surface area contributed by atoms with E-state index in [4.69, 9.17) is 9.47 Å². The summed E-state index contributed by atoms with van der Waals surface area (Å²) in [6, 6.07) is 0. The molecular formula is C30H61BrN2O3. The van der Waals surface area contributed by atoms with Crippen LogP contribution in [-0.2, 0) is 9.47 Å². The van der Waals surface area contributed by atoms with Gasteiger partial charge in [-0.05, 0) is 40.0 Å². The second kappa shape index (κ2) is 23.8. The van der Waals surface area contributed by atoms with Crippen molar-refractivity contribution in [2.75, 3.05) is 52.5 Å². The summed E-state index contributed by atoms with van der Waals surface area (Å²) in [7, 11) is 0. The van der Waals surface area contributed by atoms with Crippen LogP contribution in [0.2, 0.25) is 0 Å². The first kappa shape index (κ1) is 35.7. The van der Waals surface area contributed by atoms with Crippen molar-refractivity contribution in [1.82, 2.24) is 4.90 Å². The second-order valence-electron chi connectivity index (χ2n) is 10.8. The molecule has 1 aliphatic heterocycles.